The number of carbonyl (C=O) groups is 1. The van der Waals surface area contributed by atoms with Crippen LogP contribution in [0.25, 0.3) is 0 Å². The summed E-state index contributed by atoms with van der Waals surface area (Å²) in [7, 11) is 0. The molecule has 0 aliphatic carbocycles. The maximum absolute atomic E-state index is 10.8. The second-order valence-corrected chi connectivity index (χ2v) is 8.49. The van der Waals surface area contributed by atoms with Crippen molar-refractivity contribution in [2.24, 2.45) is 5.92 Å². The zero-order chi connectivity index (χ0) is 20.7. The first kappa shape index (κ1) is 27.2. The van der Waals surface area contributed by atoms with Crippen molar-refractivity contribution in [1.29, 1.82) is 0 Å². The minimum atomic E-state index is -0.155. The fourth-order valence-electron chi connectivity index (χ4n) is 3.76. The highest BCUT2D eigenvalue weighted by Gasteiger charge is 2.05. The zero-order valence-electron chi connectivity index (χ0n) is 19.5. The molecule has 0 aromatic carbocycles. The van der Waals surface area contributed by atoms with Gasteiger partial charge in [0.2, 0.25) is 0 Å². The second-order valence-electron chi connectivity index (χ2n) is 8.49. The molecule has 1 atom stereocenters. The smallest absolute Gasteiger partial charge is 0.302 e. The molecular formula is C26H50O2. The van der Waals surface area contributed by atoms with Crippen LogP contribution in [0.15, 0.2) is 12.2 Å². The van der Waals surface area contributed by atoms with E-state index in [9.17, 15) is 4.79 Å². The van der Waals surface area contributed by atoms with Gasteiger partial charge in [0, 0.05) is 6.92 Å². The lowest BCUT2D eigenvalue weighted by Gasteiger charge is -2.12. The van der Waals surface area contributed by atoms with E-state index < -0.39 is 0 Å². The summed E-state index contributed by atoms with van der Waals surface area (Å²) >= 11 is 0. The molecule has 0 aromatic heterocycles. The third kappa shape index (κ3) is 21.5. The quantitative estimate of drug-likeness (QED) is 0.110. The summed E-state index contributed by atoms with van der Waals surface area (Å²) in [4.78, 5) is 10.8. The molecule has 2 nitrogen and oxygen atoms in total. The Bertz CT molecular complexity index is 348. The van der Waals surface area contributed by atoms with Crippen molar-refractivity contribution in [2.45, 2.75) is 136 Å². The fraction of sp³-hybridized carbons (Fsp3) is 0.885. The first-order chi connectivity index (χ1) is 13.7. The maximum Gasteiger partial charge on any atom is 0.302 e. The van der Waals surface area contributed by atoms with Gasteiger partial charge in [-0.05, 0) is 38.0 Å². The molecule has 2 heteroatoms. The minimum absolute atomic E-state index is 0.155. The average Bonchev–Trinajstić information content (AvgIpc) is 2.68. The first-order valence-electron chi connectivity index (χ1n) is 12.5. The van der Waals surface area contributed by atoms with Crippen molar-refractivity contribution in [3.63, 3.8) is 0 Å². The zero-order valence-corrected chi connectivity index (χ0v) is 19.5. The molecule has 28 heavy (non-hydrogen) atoms. The van der Waals surface area contributed by atoms with Crippen LogP contribution in [-0.4, -0.2) is 12.6 Å². The molecule has 0 saturated carbocycles. The molecule has 0 heterocycles. The van der Waals surface area contributed by atoms with Crippen molar-refractivity contribution in [1.82, 2.24) is 0 Å². The summed E-state index contributed by atoms with van der Waals surface area (Å²) in [6, 6.07) is 0. The lowest BCUT2D eigenvalue weighted by atomic mass is 9.94. The number of allylic oxidation sites excluding steroid dienone is 2. The summed E-state index contributed by atoms with van der Waals surface area (Å²) in [6.45, 7) is 6.65. The number of esters is 1. The van der Waals surface area contributed by atoms with Crippen molar-refractivity contribution in [3.05, 3.63) is 12.2 Å². The lowest BCUT2D eigenvalue weighted by Crippen LogP contribution is -2.01. The molecule has 166 valence electrons. The topological polar surface area (TPSA) is 26.3 Å². The van der Waals surface area contributed by atoms with Gasteiger partial charge in [0.05, 0.1) is 6.61 Å². The van der Waals surface area contributed by atoms with Gasteiger partial charge < -0.3 is 4.74 Å². The van der Waals surface area contributed by atoms with Crippen molar-refractivity contribution >= 4 is 5.97 Å². The monoisotopic (exact) mass is 394 g/mol. The number of hydrogen-bond donors (Lipinski definition) is 0. The fourth-order valence-corrected chi connectivity index (χ4v) is 3.76. The maximum atomic E-state index is 10.8. The predicted octanol–water partition coefficient (Wildman–Crippen LogP) is 8.78. The number of unbranched alkanes of at least 4 members (excludes halogenated alkanes) is 13. The van der Waals surface area contributed by atoms with Gasteiger partial charge in [-0.2, -0.15) is 0 Å². The van der Waals surface area contributed by atoms with Gasteiger partial charge in [-0.15, -0.1) is 0 Å². The van der Waals surface area contributed by atoms with Crippen molar-refractivity contribution in [3.8, 4) is 0 Å². The molecule has 0 spiro atoms. The van der Waals surface area contributed by atoms with Crippen LogP contribution in [0.3, 0.4) is 0 Å². The van der Waals surface area contributed by atoms with E-state index in [-0.39, 0.29) is 5.97 Å². The average molecular weight is 395 g/mol. The van der Waals surface area contributed by atoms with E-state index in [1.54, 1.807) is 0 Å². The van der Waals surface area contributed by atoms with Crippen molar-refractivity contribution in [2.75, 3.05) is 6.61 Å². The molecule has 0 rings (SSSR count). The van der Waals surface area contributed by atoms with E-state index in [0.717, 1.165) is 12.3 Å². The second kappa shape index (κ2) is 22.5. The molecule has 0 aromatic rings. The highest BCUT2D eigenvalue weighted by atomic mass is 16.5. The predicted molar refractivity (Wildman–Crippen MR) is 124 cm³/mol. The van der Waals surface area contributed by atoms with Crippen LogP contribution < -0.4 is 0 Å². The number of rotatable bonds is 21. The Morgan fingerprint density at radius 1 is 0.714 bits per heavy atom. The van der Waals surface area contributed by atoms with Gasteiger partial charge >= 0.3 is 5.97 Å². The lowest BCUT2D eigenvalue weighted by molar-refractivity contribution is -0.141. The van der Waals surface area contributed by atoms with E-state index in [0.29, 0.717) is 6.61 Å². The van der Waals surface area contributed by atoms with Crippen LogP contribution in [0.4, 0.5) is 0 Å². The van der Waals surface area contributed by atoms with Crippen LogP contribution in [0.5, 0.6) is 0 Å². The largest absolute Gasteiger partial charge is 0.466 e. The normalized spacial score (nSPS) is 12.5. The Kier molecular flexibility index (Phi) is 21.9. The molecule has 0 aliphatic heterocycles. The van der Waals surface area contributed by atoms with Crippen LogP contribution in [-0.2, 0) is 9.53 Å². The van der Waals surface area contributed by atoms with Crippen LogP contribution in [0, 0.1) is 5.92 Å². The Labute approximate surface area is 176 Å². The van der Waals surface area contributed by atoms with Gasteiger partial charge in [-0.1, -0.05) is 109 Å². The molecule has 0 radical (unpaired) electrons. The summed E-state index contributed by atoms with van der Waals surface area (Å²) in [5.74, 6) is 0.617. The molecule has 0 N–H and O–H groups in total. The summed E-state index contributed by atoms with van der Waals surface area (Å²) in [6.07, 6.45) is 29.0. The molecular weight excluding hydrogens is 344 g/mol. The SMILES string of the molecule is CCCCCCCCCC/C=C\C(CCCCC)CCCCCCOC(C)=O. The van der Waals surface area contributed by atoms with E-state index in [1.807, 2.05) is 0 Å². The number of carbonyl (C=O) groups excluding carboxylic acids is 1. The van der Waals surface area contributed by atoms with Gasteiger partial charge in [0.15, 0.2) is 0 Å². The summed E-state index contributed by atoms with van der Waals surface area (Å²) < 4.78 is 5.00. The minimum Gasteiger partial charge on any atom is -0.466 e. The van der Waals surface area contributed by atoms with E-state index in [4.69, 9.17) is 4.74 Å². The molecule has 0 saturated heterocycles. The molecule has 0 aliphatic rings. The highest BCUT2D eigenvalue weighted by molar-refractivity contribution is 5.65. The van der Waals surface area contributed by atoms with E-state index in [2.05, 4.69) is 26.0 Å². The number of hydrogen-bond acceptors (Lipinski definition) is 2. The molecule has 1 unspecified atom stereocenters. The van der Waals surface area contributed by atoms with Gasteiger partial charge in [0.25, 0.3) is 0 Å². The third-order valence-corrected chi connectivity index (χ3v) is 5.59. The van der Waals surface area contributed by atoms with Gasteiger partial charge in [-0.3, -0.25) is 4.79 Å². The standard InChI is InChI=1S/C26H50O2/c1-4-6-8-9-10-11-12-13-14-18-22-26(21-17-7-5-2)23-19-15-16-20-24-28-25(3)27/h18,22,26H,4-17,19-21,23-24H2,1-3H3/b22-18-. The number of ether oxygens (including phenoxy) is 1. The van der Waals surface area contributed by atoms with E-state index >= 15 is 0 Å². The summed E-state index contributed by atoms with van der Waals surface area (Å²) in [5.41, 5.74) is 0. The van der Waals surface area contributed by atoms with Crippen LogP contribution in [0.2, 0.25) is 0 Å². The highest BCUT2D eigenvalue weighted by Crippen LogP contribution is 2.20. The summed E-state index contributed by atoms with van der Waals surface area (Å²) in [5, 5.41) is 0. The van der Waals surface area contributed by atoms with E-state index in [1.165, 1.54) is 116 Å². The Morgan fingerprint density at radius 2 is 1.21 bits per heavy atom. The Hall–Kier alpha value is -0.790. The van der Waals surface area contributed by atoms with Gasteiger partial charge in [-0.25, -0.2) is 0 Å². The first-order valence-corrected chi connectivity index (χ1v) is 12.5. The van der Waals surface area contributed by atoms with Crippen LogP contribution in [0.1, 0.15) is 136 Å². The molecule has 0 fully saturated rings. The van der Waals surface area contributed by atoms with Crippen LogP contribution >= 0.6 is 0 Å². The van der Waals surface area contributed by atoms with Gasteiger partial charge in [0.1, 0.15) is 0 Å². The molecule has 0 bridgehead atoms. The Balaban J connectivity index is 3.78. The third-order valence-electron chi connectivity index (χ3n) is 5.59. The Morgan fingerprint density at radius 3 is 1.86 bits per heavy atom. The molecule has 0 amide bonds. The van der Waals surface area contributed by atoms with Crippen molar-refractivity contribution < 1.29 is 9.53 Å².